The van der Waals surface area contributed by atoms with Gasteiger partial charge in [0.1, 0.15) is 22.8 Å². The van der Waals surface area contributed by atoms with Gasteiger partial charge in [-0.1, -0.05) is 12.2 Å². The largest absolute Gasteiger partial charge is 0.507 e. The highest BCUT2D eigenvalue weighted by Gasteiger charge is 2.71. The van der Waals surface area contributed by atoms with E-state index in [0.29, 0.717) is 5.56 Å². The van der Waals surface area contributed by atoms with Gasteiger partial charge in [0.25, 0.3) is 0 Å². The van der Waals surface area contributed by atoms with Crippen LogP contribution in [0.15, 0.2) is 30.4 Å². The number of fused-ring (bicyclic) bond motifs is 2. The first-order chi connectivity index (χ1) is 20.3. The molecule has 0 saturated carbocycles. The summed E-state index contributed by atoms with van der Waals surface area (Å²) in [4.78, 5) is 80.6. The summed E-state index contributed by atoms with van der Waals surface area (Å²) in [6.45, 7) is 1.60. The summed E-state index contributed by atoms with van der Waals surface area (Å²) < 4.78 is 16.3. The van der Waals surface area contributed by atoms with E-state index in [4.69, 9.17) is 14.2 Å². The molecule has 2 aliphatic heterocycles. The number of cyclic esters (lactones) is 1. The molecule has 43 heavy (non-hydrogen) atoms. The number of aliphatic hydroxyl groups is 1. The maximum atomic E-state index is 14.2. The number of methoxy groups -OCH3 is 1. The van der Waals surface area contributed by atoms with Gasteiger partial charge in [0.2, 0.25) is 17.0 Å². The molecule has 0 amide bonds. The van der Waals surface area contributed by atoms with Crippen LogP contribution < -0.4 is 4.74 Å². The first-order valence-electron chi connectivity index (χ1n) is 13.6. The molecule has 1 fully saturated rings. The third-order valence-electron chi connectivity index (χ3n) is 9.42. The van der Waals surface area contributed by atoms with Crippen LogP contribution >= 0.6 is 0 Å². The van der Waals surface area contributed by atoms with E-state index in [1.165, 1.54) is 30.4 Å². The quantitative estimate of drug-likeness (QED) is 0.261. The van der Waals surface area contributed by atoms with Crippen molar-refractivity contribution in [1.82, 2.24) is 0 Å². The van der Waals surface area contributed by atoms with Crippen LogP contribution in [0.3, 0.4) is 0 Å². The van der Waals surface area contributed by atoms with E-state index in [1.54, 1.807) is 6.92 Å². The van der Waals surface area contributed by atoms with Gasteiger partial charge in [-0.05, 0) is 49.1 Å². The van der Waals surface area contributed by atoms with Gasteiger partial charge in [-0.25, -0.2) is 4.79 Å². The average Bonchev–Trinajstić information content (AvgIpc) is 3.29. The molecule has 2 heterocycles. The number of allylic oxidation sites excluding steroid dienone is 1. The Morgan fingerprint density at radius 3 is 2.44 bits per heavy atom. The molecule has 2 unspecified atom stereocenters. The zero-order valence-electron chi connectivity index (χ0n) is 22.9. The topological polar surface area (TPSA) is 191 Å². The van der Waals surface area contributed by atoms with Crippen LogP contribution in [0.2, 0.25) is 0 Å². The van der Waals surface area contributed by atoms with Crippen molar-refractivity contribution >= 4 is 35.1 Å². The molecule has 220 valence electrons. The van der Waals surface area contributed by atoms with Crippen molar-refractivity contribution in [3.8, 4) is 17.2 Å². The number of hydrogen-bond donors (Lipinski definition) is 3. The Morgan fingerprint density at radius 2 is 1.77 bits per heavy atom. The highest BCUT2D eigenvalue weighted by molar-refractivity contribution is 6.32. The van der Waals surface area contributed by atoms with Gasteiger partial charge in [-0.2, -0.15) is 0 Å². The van der Waals surface area contributed by atoms with Gasteiger partial charge in [0, 0.05) is 17.5 Å². The fourth-order valence-electron chi connectivity index (χ4n) is 7.43. The summed E-state index contributed by atoms with van der Waals surface area (Å²) in [6.07, 6.45) is 0.338. The van der Waals surface area contributed by atoms with Crippen molar-refractivity contribution in [2.45, 2.75) is 55.8 Å². The second kappa shape index (κ2) is 8.38. The second-order valence-electron chi connectivity index (χ2n) is 11.7. The predicted molar refractivity (Wildman–Crippen MR) is 141 cm³/mol. The summed E-state index contributed by atoms with van der Waals surface area (Å²) in [6, 6.07) is 3.92. The minimum atomic E-state index is -2.94. The van der Waals surface area contributed by atoms with Crippen LogP contribution in [0.1, 0.15) is 72.9 Å². The van der Waals surface area contributed by atoms with E-state index >= 15 is 0 Å². The fraction of sp³-hybridized carbons (Fsp3) is 0.355. The maximum absolute atomic E-state index is 14.2. The van der Waals surface area contributed by atoms with Gasteiger partial charge >= 0.3 is 11.9 Å². The molecule has 5 atom stereocenters. The lowest BCUT2D eigenvalue weighted by atomic mass is 9.54. The molecule has 12 heteroatoms. The van der Waals surface area contributed by atoms with Crippen molar-refractivity contribution in [2.75, 3.05) is 7.11 Å². The number of esters is 2. The van der Waals surface area contributed by atoms with Crippen molar-refractivity contribution in [3.63, 3.8) is 0 Å². The molecular formula is C31H24O12. The standard InChI is InChI=1S/C31H24O12/c1-12-7-15-22(16(32)8-12)27(38)31(40)26(37)14-5-6-29(31,25(15)36)10-13-9-18-23(24(35)21(13)14)17(33)11-30(43-18,28(39)41-2)19-3-4-20(34)42-19/h5-9,14,19,32,35,40H,3-4,10-11H2,1-2H3/t14?,19-,29?,30+,31-/m0/s1. The SMILES string of the molecule is COC(=O)[C@]1([C@@H]2CCC(=O)O2)CC(=O)c2c(cc3c(c2O)C2C=CC4(C3)C(=O)c3cc(C)cc(O)c3C(=O)[C@@]4(O)C2=O)O1. The van der Waals surface area contributed by atoms with Gasteiger partial charge in [-0.15, -0.1) is 0 Å². The van der Waals surface area contributed by atoms with Crippen LogP contribution in [-0.4, -0.2) is 74.8 Å². The lowest BCUT2D eigenvalue weighted by molar-refractivity contribution is -0.175. The second-order valence-corrected chi connectivity index (χ2v) is 11.7. The molecule has 2 bridgehead atoms. The number of carbonyl (C=O) groups excluding carboxylic acids is 6. The summed E-state index contributed by atoms with van der Waals surface area (Å²) in [7, 11) is 1.08. The number of rotatable bonds is 2. The smallest absolute Gasteiger partial charge is 0.354 e. The summed E-state index contributed by atoms with van der Waals surface area (Å²) in [5.41, 5.74) is -7.69. The van der Waals surface area contributed by atoms with E-state index in [1.807, 2.05) is 0 Å². The maximum Gasteiger partial charge on any atom is 0.354 e. The molecular weight excluding hydrogens is 564 g/mol. The number of benzene rings is 2. The van der Waals surface area contributed by atoms with Crippen molar-refractivity contribution in [1.29, 1.82) is 0 Å². The van der Waals surface area contributed by atoms with E-state index in [9.17, 15) is 44.1 Å². The van der Waals surface area contributed by atoms with Crippen molar-refractivity contribution in [3.05, 3.63) is 63.7 Å². The third-order valence-corrected chi connectivity index (χ3v) is 9.42. The molecule has 12 nitrogen and oxygen atoms in total. The van der Waals surface area contributed by atoms with E-state index in [0.717, 1.165) is 7.11 Å². The molecule has 8 rings (SSSR count). The molecule has 1 spiro atoms. The van der Waals surface area contributed by atoms with Crippen LogP contribution in [0.25, 0.3) is 0 Å². The minimum absolute atomic E-state index is 0.0214. The molecule has 4 aliphatic carbocycles. The fourth-order valence-corrected chi connectivity index (χ4v) is 7.43. The number of ether oxygens (including phenoxy) is 3. The Balaban J connectivity index is 1.44. The molecule has 6 aliphatic rings. The monoisotopic (exact) mass is 588 g/mol. The molecule has 1 saturated heterocycles. The van der Waals surface area contributed by atoms with Crippen molar-refractivity contribution < 1.29 is 58.3 Å². The van der Waals surface area contributed by atoms with E-state index in [2.05, 4.69) is 0 Å². The Hall–Kier alpha value is -4.84. The number of phenolic OH excluding ortho intramolecular Hbond substituents is 2. The Labute approximate surface area is 242 Å². The zero-order valence-corrected chi connectivity index (χ0v) is 22.9. The first-order valence-corrected chi connectivity index (χ1v) is 13.6. The summed E-state index contributed by atoms with van der Waals surface area (Å²) in [5.74, 6) is -8.34. The molecule has 2 aromatic rings. The Bertz CT molecular complexity index is 1800. The lowest BCUT2D eigenvalue weighted by Gasteiger charge is -2.47. The molecule has 0 aromatic heterocycles. The van der Waals surface area contributed by atoms with Crippen LogP contribution in [0.4, 0.5) is 0 Å². The summed E-state index contributed by atoms with van der Waals surface area (Å²) in [5, 5.41) is 34.1. The number of hydrogen-bond acceptors (Lipinski definition) is 12. The van der Waals surface area contributed by atoms with Crippen LogP contribution in [0.5, 0.6) is 17.2 Å². The van der Waals surface area contributed by atoms with Gasteiger partial charge in [-0.3, -0.25) is 24.0 Å². The highest BCUT2D eigenvalue weighted by Crippen LogP contribution is 2.59. The minimum Gasteiger partial charge on any atom is -0.507 e. The average molecular weight is 589 g/mol. The molecule has 0 radical (unpaired) electrons. The molecule has 3 N–H and O–H groups in total. The molecule has 2 aromatic carbocycles. The van der Waals surface area contributed by atoms with Gasteiger partial charge in [0.05, 0.1) is 30.4 Å². The number of aromatic hydroxyl groups is 2. The number of aryl methyl sites for hydroxylation is 1. The van der Waals surface area contributed by atoms with Crippen molar-refractivity contribution in [2.24, 2.45) is 5.41 Å². The Morgan fingerprint density at radius 1 is 1.02 bits per heavy atom. The zero-order chi connectivity index (χ0) is 30.8. The first kappa shape index (κ1) is 27.0. The predicted octanol–water partition coefficient (Wildman–Crippen LogP) is 1.56. The third kappa shape index (κ3) is 3.08. The van der Waals surface area contributed by atoms with Crippen LogP contribution in [0, 0.1) is 12.3 Å². The number of carbonyl (C=O) groups is 6. The summed E-state index contributed by atoms with van der Waals surface area (Å²) >= 11 is 0. The van der Waals surface area contributed by atoms with Gasteiger partial charge in [0.15, 0.2) is 23.5 Å². The number of ketones is 4. The van der Waals surface area contributed by atoms with Crippen LogP contribution in [-0.2, 0) is 30.3 Å². The lowest BCUT2D eigenvalue weighted by Crippen LogP contribution is -2.67. The van der Waals surface area contributed by atoms with E-state index < -0.39 is 93.6 Å². The number of Topliss-reactive ketones (excluding diaryl/α,β-unsaturated/α-hetero) is 4. The number of phenols is 2. The van der Waals surface area contributed by atoms with Gasteiger partial charge < -0.3 is 29.5 Å². The van der Waals surface area contributed by atoms with E-state index in [-0.39, 0.29) is 40.8 Å². The normalized spacial score (nSPS) is 31.8. The Kier molecular flexibility index (Phi) is 5.26. The highest BCUT2D eigenvalue weighted by atomic mass is 16.6.